The first-order valence-corrected chi connectivity index (χ1v) is 10.8. The molecule has 0 amide bonds. The highest BCUT2D eigenvalue weighted by Crippen LogP contribution is 2.52. The van der Waals surface area contributed by atoms with E-state index in [-0.39, 0.29) is 23.9 Å². The molecule has 0 radical (unpaired) electrons. The van der Waals surface area contributed by atoms with Crippen molar-refractivity contribution in [1.29, 1.82) is 0 Å². The van der Waals surface area contributed by atoms with Gasteiger partial charge in [-0.2, -0.15) is 0 Å². The molecule has 0 fully saturated rings. The monoisotopic (exact) mass is 463 g/mol. The van der Waals surface area contributed by atoms with E-state index in [1.165, 1.54) is 26.5 Å². The zero-order valence-electron chi connectivity index (χ0n) is 16.0. The predicted molar refractivity (Wildman–Crippen MR) is 108 cm³/mol. The molecule has 0 aliphatic rings. The van der Waals surface area contributed by atoms with Crippen molar-refractivity contribution in [3.63, 3.8) is 0 Å². The van der Waals surface area contributed by atoms with Gasteiger partial charge in [0.15, 0.2) is 0 Å². The van der Waals surface area contributed by atoms with Gasteiger partial charge in [0.25, 0.3) is 0 Å². The lowest BCUT2D eigenvalue weighted by Gasteiger charge is -2.24. The van der Waals surface area contributed by atoms with Gasteiger partial charge in [-0.25, -0.2) is 4.98 Å². The molecule has 0 bridgehead atoms. The number of nitrogens with zero attached hydrogens (tertiary/aromatic N) is 1. The van der Waals surface area contributed by atoms with Gasteiger partial charge < -0.3 is 23.3 Å². The molecule has 0 aliphatic carbocycles. The molecule has 1 heterocycles. The molecule has 1 aromatic carbocycles. The maximum atomic E-state index is 12.6. The maximum absolute atomic E-state index is 12.6. The summed E-state index contributed by atoms with van der Waals surface area (Å²) >= 11 is 11.8. The van der Waals surface area contributed by atoms with Crippen LogP contribution in [0.4, 0.5) is 0 Å². The molecule has 8 nitrogen and oxygen atoms in total. The third-order valence-electron chi connectivity index (χ3n) is 3.62. The van der Waals surface area contributed by atoms with Crippen LogP contribution in [-0.4, -0.2) is 37.6 Å². The Morgan fingerprint density at radius 2 is 1.76 bits per heavy atom. The molecular formula is C18H20Cl2NO7P. The molecule has 2 aromatic rings. The van der Waals surface area contributed by atoms with Gasteiger partial charge in [0.05, 0.1) is 5.02 Å². The zero-order valence-corrected chi connectivity index (χ0v) is 18.4. The van der Waals surface area contributed by atoms with E-state index in [9.17, 15) is 9.36 Å². The normalized spacial score (nSPS) is 12.3. The summed E-state index contributed by atoms with van der Waals surface area (Å²) in [6.45, 7) is 1.39. The number of ether oxygens (including phenoxy) is 3. The first kappa shape index (κ1) is 23.4. The molecule has 0 saturated heterocycles. The van der Waals surface area contributed by atoms with Crippen LogP contribution in [0.25, 0.3) is 0 Å². The number of rotatable bonds is 10. The Hall–Kier alpha value is -1.83. The minimum Gasteiger partial charge on any atom is -0.489 e. The molecule has 29 heavy (non-hydrogen) atoms. The minimum atomic E-state index is -3.69. The number of hydrogen-bond donors (Lipinski definition) is 0. The van der Waals surface area contributed by atoms with Gasteiger partial charge >= 0.3 is 13.6 Å². The maximum Gasteiger partial charge on any atom is 0.373 e. The summed E-state index contributed by atoms with van der Waals surface area (Å²) in [6.07, 6.45) is 1.53. The van der Waals surface area contributed by atoms with Crippen LogP contribution in [0.3, 0.4) is 0 Å². The number of hydrogen-bond acceptors (Lipinski definition) is 8. The van der Waals surface area contributed by atoms with Gasteiger partial charge in [0.1, 0.15) is 23.1 Å². The second kappa shape index (κ2) is 10.8. The summed E-state index contributed by atoms with van der Waals surface area (Å²) in [5, 5.41) is 0.669. The predicted octanol–water partition coefficient (Wildman–Crippen LogP) is 5.32. The van der Waals surface area contributed by atoms with Crippen molar-refractivity contribution in [2.45, 2.75) is 19.2 Å². The molecule has 1 unspecified atom stereocenters. The summed E-state index contributed by atoms with van der Waals surface area (Å²) in [5.41, 5.74) is 0. The van der Waals surface area contributed by atoms with E-state index in [0.717, 1.165) is 0 Å². The fraction of sp³-hybridized carbons (Fsp3) is 0.333. The molecule has 2 rings (SSSR count). The average Bonchev–Trinajstić information content (AvgIpc) is 2.73. The van der Waals surface area contributed by atoms with E-state index in [4.69, 9.17) is 46.5 Å². The lowest BCUT2D eigenvalue weighted by molar-refractivity contribution is -0.147. The van der Waals surface area contributed by atoms with Crippen molar-refractivity contribution in [3.8, 4) is 17.4 Å². The van der Waals surface area contributed by atoms with Crippen molar-refractivity contribution >= 4 is 36.8 Å². The van der Waals surface area contributed by atoms with Crippen molar-refractivity contribution in [3.05, 3.63) is 46.6 Å². The van der Waals surface area contributed by atoms with Crippen LogP contribution >= 0.6 is 30.8 Å². The molecule has 0 spiro atoms. The highest BCUT2D eigenvalue weighted by Gasteiger charge is 2.38. The van der Waals surface area contributed by atoms with Crippen molar-refractivity contribution in [2.75, 3.05) is 20.8 Å². The van der Waals surface area contributed by atoms with Crippen LogP contribution in [-0.2, 0) is 23.1 Å². The van der Waals surface area contributed by atoms with Gasteiger partial charge in [0, 0.05) is 26.8 Å². The van der Waals surface area contributed by atoms with E-state index >= 15 is 0 Å². The number of esters is 1. The highest BCUT2D eigenvalue weighted by molar-refractivity contribution is 7.54. The molecule has 158 valence electrons. The molecule has 0 N–H and O–H groups in total. The summed E-state index contributed by atoms with van der Waals surface area (Å²) in [6, 6.07) is 8.00. The van der Waals surface area contributed by atoms with Crippen molar-refractivity contribution < 1.29 is 32.6 Å². The van der Waals surface area contributed by atoms with E-state index in [2.05, 4.69) is 4.98 Å². The first-order valence-electron chi connectivity index (χ1n) is 8.43. The molecule has 0 aliphatic heterocycles. The van der Waals surface area contributed by atoms with Gasteiger partial charge in [-0.15, -0.1) is 0 Å². The van der Waals surface area contributed by atoms with Crippen LogP contribution in [0.5, 0.6) is 17.4 Å². The number of halogens is 2. The Morgan fingerprint density at radius 1 is 1.14 bits per heavy atom. The van der Waals surface area contributed by atoms with Gasteiger partial charge in [0.2, 0.25) is 11.7 Å². The Bertz CT molecular complexity index is 871. The van der Waals surface area contributed by atoms with Crippen LogP contribution in [0, 0.1) is 0 Å². The largest absolute Gasteiger partial charge is 0.489 e. The van der Waals surface area contributed by atoms with E-state index < -0.39 is 19.4 Å². The lowest BCUT2D eigenvalue weighted by atomic mass is 10.3. The Kier molecular flexibility index (Phi) is 8.74. The second-order valence-corrected chi connectivity index (χ2v) is 8.76. The molecule has 0 saturated carbocycles. The fourth-order valence-electron chi connectivity index (χ4n) is 2.09. The summed E-state index contributed by atoms with van der Waals surface area (Å²) in [4.78, 5) is 15.6. The number of benzene rings is 1. The lowest BCUT2D eigenvalue weighted by Crippen LogP contribution is -2.26. The fourth-order valence-corrected chi connectivity index (χ4v) is 3.64. The smallest absolute Gasteiger partial charge is 0.373 e. The molecule has 1 atom stereocenters. The zero-order chi connectivity index (χ0) is 21.4. The quantitative estimate of drug-likeness (QED) is 0.344. The number of carbonyl (C=O) groups excluding carboxylic acids is 1. The first-order chi connectivity index (χ1) is 13.8. The van der Waals surface area contributed by atoms with Crippen LogP contribution in [0.15, 0.2) is 36.5 Å². The van der Waals surface area contributed by atoms with Crippen molar-refractivity contribution in [1.82, 2.24) is 4.98 Å². The topological polar surface area (TPSA) is 93.2 Å². The van der Waals surface area contributed by atoms with Crippen LogP contribution < -0.4 is 9.47 Å². The van der Waals surface area contributed by atoms with Gasteiger partial charge in [-0.1, -0.05) is 30.1 Å². The number of pyridine rings is 1. The SMILES string of the molecule is CCC(=O)OC(COc1ccc(Oc2ncc(Cl)cc2Cl)cc1)P(=O)(OC)OC. The third-order valence-corrected chi connectivity index (χ3v) is 6.08. The molecule has 11 heteroatoms. The van der Waals surface area contributed by atoms with Crippen LogP contribution in [0.1, 0.15) is 13.3 Å². The number of carbonyl (C=O) groups is 1. The summed E-state index contributed by atoms with van der Waals surface area (Å²) in [5.74, 6) is -0.675. The minimum absolute atomic E-state index is 0.108. The Morgan fingerprint density at radius 3 is 2.31 bits per heavy atom. The third kappa shape index (κ3) is 6.59. The second-order valence-electron chi connectivity index (χ2n) is 5.53. The van der Waals surface area contributed by atoms with E-state index in [1.807, 2.05) is 0 Å². The Balaban J connectivity index is 2.05. The van der Waals surface area contributed by atoms with E-state index in [0.29, 0.717) is 16.5 Å². The van der Waals surface area contributed by atoms with E-state index in [1.54, 1.807) is 31.2 Å². The Labute approximate surface area is 178 Å². The number of aromatic nitrogens is 1. The summed E-state index contributed by atoms with van der Waals surface area (Å²) in [7, 11) is -1.27. The van der Waals surface area contributed by atoms with Gasteiger partial charge in [-0.05, 0) is 30.3 Å². The van der Waals surface area contributed by atoms with Gasteiger partial charge in [-0.3, -0.25) is 9.36 Å². The average molecular weight is 464 g/mol. The summed E-state index contributed by atoms with van der Waals surface area (Å²) < 4.78 is 38.7. The van der Waals surface area contributed by atoms with Crippen molar-refractivity contribution in [2.24, 2.45) is 0 Å². The highest BCUT2D eigenvalue weighted by atomic mass is 35.5. The molecular weight excluding hydrogens is 444 g/mol. The standard InChI is InChI=1S/C18H20Cl2NO7P/c1-4-16(22)28-17(29(23,24-2)25-3)11-26-13-5-7-14(8-6-13)27-18-15(20)9-12(19)10-21-18/h5-10,17H,4,11H2,1-3H3. The molecule has 1 aromatic heterocycles. The van der Waals surface area contributed by atoms with Crippen LogP contribution in [0.2, 0.25) is 10.0 Å².